The SMILES string of the molecule is COc1ccc(C(=O)OCCC(C)(C)I)cc1. The molecule has 0 N–H and O–H groups in total. The van der Waals surface area contributed by atoms with Crippen LogP contribution in [-0.4, -0.2) is 23.1 Å². The van der Waals surface area contributed by atoms with Gasteiger partial charge in [0.1, 0.15) is 5.75 Å². The maximum Gasteiger partial charge on any atom is 0.338 e. The molecule has 0 aliphatic carbocycles. The molecule has 0 aliphatic heterocycles. The summed E-state index contributed by atoms with van der Waals surface area (Å²) in [5.41, 5.74) is 0.553. The van der Waals surface area contributed by atoms with Crippen molar-refractivity contribution in [3.63, 3.8) is 0 Å². The molecule has 0 bridgehead atoms. The number of esters is 1. The molecule has 0 aromatic heterocycles. The number of carbonyl (C=O) groups excluding carboxylic acids is 1. The lowest BCUT2D eigenvalue weighted by Gasteiger charge is -2.15. The number of carbonyl (C=O) groups is 1. The van der Waals surface area contributed by atoms with Crippen LogP contribution in [0.25, 0.3) is 0 Å². The van der Waals surface area contributed by atoms with E-state index in [2.05, 4.69) is 36.4 Å². The summed E-state index contributed by atoms with van der Waals surface area (Å²) in [6.07, 6.45) is 0.843. The van der Waals surface area contributed by atoms with Gasteiger partial charge in [0.05, 0.1) is 19.3 Å². The van der Waals surface area contributed by atoms with Crippen LogP contribution in [0.5, 0.6) is 5.75 Å². The lowest BCUT2D eigenvalue weighted by atomic mass is 10.1. The van der Waals surface area contributed by atoms with Gasteiger partial charge in [0, 0.05) is 3.42 Å². The first-order valence-corrected chi connectivity index (χ1v) is 6.50. The molecule has 0 radical (unpaired) electrons. The summed E-state index contributed by atoms with van der Waals surface area (Å²) in [5, 5.41) is 0. The van der Waals surface area contributed by atoms with Gasteiger partial charge in [0.25, 0.3) is 0 Å². The average Bonchev–Trinajstić information content (AvgIpc) is 2.27. The van der Waals surface area contributed by atoms with Crippen molar-refractivity contribution >= 4 is 28.6 Å². The van der Waals surface area contributed by atoms with E-state index in [1.807, 2.05) is 0 Å². The number of methoxy groups -OCH3 is 1. The molecule has 1 aromatic rings. The molecular formula is C13H17IO3. The molecule has 1 aromatic carbocycles. The number of hydrogen-bond donors (Lipinski definition) is 0. The summed E-state index contributed by atoms with van der Waals surface area (Å²) in [6, 6.07) is 6.91. The molecule has 3 nitrogen and oxygen atoms in total. The average molecular weight is 348 g/mol. The highest BCUT2D eigenvalue weighted by atomic mass is 127. The topological polar surface area (TPSA) is 35.5 Å². The molecule has 0 atom stereocenters. The molecule has 0 heterocycles. The highest BCUT2D eigenvalue weighted by molar-refractivity contribution is 14.1. The van der Waals surface area contributed by atoms with Crippen LogP contribution in [0.4, 0.5) is 0 Å². The second kappa shape index (κ2) is 6.23. The van der Waals surface area contributed by atoms with Gasteiger partial charge in [-0.25, -0.2) is 4.79 Å². The van der Waals surface area contributed by atoms with Crippen LogP contribution in [0.1, 0.15) is 30.6 Å². The molecule has 0 unspecified atom stereocenters. The van der Waals surface area contributed by atoms with Crippen LogP contribution >= 0.6 is 22.6 Å². The summed E-state index contributed by atoms with van der Waals surface area (Å²) in [7, 11) is 1.59. The molecular weight excluding hydrogens is 331 g/mol. The van der Waals surface area contributed by atoms with Crippen LogP contribution in [0.3, 0.4) is 0 Å². The minimum atomic E-state index is -0.284. The van der Waals surface area contributed by atoms with E-state index in [9.17, 15) is 4.79 Å². The van der Waals surface area contributed by atoms with Crippen molar-refractivity contribution in [2.45, 2.75) is 23.7 Å². The zero-order valence-electron chi connectivity index (χ0n) is 10.3. The van der Waals surface area contributed by atoms with E-state index in [1.54, 1.807) is 31.4 Å². The van der Waals surface area contributed by atoms with Crippen molar-refractivity contribution in [3.05, 3.63) is 29.8 Å². The van der Waals surface area contributed by atoms with Crippen molar-refractivity contribution in [1.29, 1.82) is 0 Å². The first-order chi connectivity index (χ1) is 7.92. The molecule has 4 heteroatoms. The van der Waals surface area contributed by atoms with Gasteiger partial charge in [0.2, 0.25) is 0 Å². The maximum absolute atomic E-state index is 11.7. The van der Waals surface area contributed by atoms with Crippen LogP contribution in [0.15, 0.2) is 24.3 Å². The van der Waals surface area contributed by atoms with Crippen molar-refractivity contribution in [2.75, 3.05) is 13.7 Å². The first-order valence-electron chi connectivity index (χ1n) is 5.42. The molecule has 1 rings (SSSR count). The summed E-state index contributed by atoms with van der Waals surface area (Å²) in [6.45, 7) is 4.66. The van der Waals surface area contributed by atoms with Crippen LogP contribution < -0.4 is 4.74 Å². The first kappa shape index (κ1) is 14.3. The third-order valence-electron chi connectivity index (χ3n) is 2.26. The Hall–Kier alpha value is -0.780. The van der Waals surface area contributed by atoms with E-state index in [-0.39, 0.29) is 9.39 Å². The molecule has 0 aliphatic rings. The Morgan fingerprint density at radius 2 is 1.88 bits per heavy atom. The zero-order valence-corrected chi connectivity index (χ0v) is 12.5. The predicted octanol–water partition coefficient (Wildman–Crippen LogP) is 3.46. The molecule has 0 spiro atoms. The monoisotopic (exact) mass is 348 g/mol. The predicted molar refractivity (Wildman–Crippen MR) is 76.0 cm³/mol. The van der Waals surface area contributed by atoms with E-state index >= 15 is 0 Å². The Balaban J connectivity index is 2.47. The summed E-state index contributed by atoms with van der Waals surface area (Å²) < 4.78 is 10.4. The molecule has 0 saturated carbocycles. The Kier molecular flexibility index (Phi) is 5.24. The minimum absolute atomic E-state index is 0.151. The molecule has 17 heavy (non-hydrogen) atoms. The van der Waals surface area contributed by atoms with E-state index in [0.29, 0.717) is 12.2 Å². The quantitative estimate of drug-likeness (QED) is 0.465. The highest BCUT2D eigenvalue weighted by Crippen LogP contribution is 2.21. The maximum atomic E-state index is 11.7. The largest absolute Gasteiger partial charge is 0.497 e. The van der Waals surface area contributed by atoms with Gasteiger partial charge in [-0.15, -0.1) is 0 Å². The fraction of sp³-hybridized carbons (Fsp3) is 0.462. The van der Waals surface area contributed by atoms with Gasteiger partial charge in [-0.2, -0.15) is 0 Å². The number of benzene rings is 1. The van der Waals surface area contributed by atoms with Gasteiger partial charge in [-0.1, -0.05) is 36.4 Å². The van der Waals surface area contributed by atoms with Crippen LogP contribution in [0, 0.1) is 0 Å². The Labute approximate surface area is 116 Å². The lowest BCUT2D eigenvalue weighted by Crippen LogP contribution is -2.15. The number of halogens is 1. The number of ether oxygens (including phenoxy) is 2. The van der Waals surface area contributed by atoms with Crippen molar-refractivity contribution < 1.29 is 14.3 Å². The zero-order chi connectivity index (χ0) is 12.9. The fourth-order valence-corrected chi connectivity index (χ4v) is 1.42. The molecule has 0 saturated heterocycles. The number of rotatable bonds is 5. The van der Waals surface area contributed by atoms with Gasteiger partial charge in [-0.3, -0.25) is 0 Å². The van der Waals surface area contributed by atoms with Crippen molar-refractivity contribution in [1.82, 2.24) is 0 Å². The van der Waals surface area contributed by atoms with Crippen LogP contribution in [0.2, 0.25) is 0 Å². The fourth-order valence-electron chi connectivity index (χ4n) is 1.20. The van der Waals surface area contributed by atoms with Crippen molar-refractivity contribution in [3.8, 4) is 5.75 Å². The van der Waals surface area contributed by atoms with Crippen LogP contribution in [-0.2, 0) is 4.74 Å². The minimum Gasteiger partial charge on any atom is -0.497 e. The van der Waals surface area contributed by atoms with E-state index < -0.39 is 0 Å². The second-order valence-electron chi connectivity index (χ2n) is 4.33. The third kappa shape index (κ3) is 5.39. The van der Waals surface area contributed by atoms with Gasteiger partial charge >= 0.3 is 5.97 Å². The van der Waals surface area contributed by atoms with Gasteiger partial charge < -0.3 is 9.47 Å². The van der Waals surface area contributed by atoms with Gasteiger partial charge in [0.15, 0.2) is 0 Å². The Bertz CT molecular complexity index is 365. The lowest BCUT2D eigenvalue weighted by molar-refractivity contribution is 0.0495. The smallest absolute Gasteiger partial charge is 0.338 e. The van der Waals surface area contributed by atoms with E-state index in [1.165, 1.54) is 0 Å². The third-order valence-corrected chi connectivity index (χ3v) is 2.79. The standard InChI is InChI=1S/C13H17IO3/c1-13(2,14)8-9-17-12(15)10-4-6-11(16-3)7-5-10/h4-7H,8-9H2,1-3H3. The summed E-state index contributed by atoms with van der Waals surface area (Å²) in [5.74, 6) is 0.447. The number of hydrogen-bond acceptors (Lipinski definition) is 3. The number of alkyl halides is 1. The second-order valence-corrected chi connectivity index (χ2v) is 7.25. The highest BCUT2D eigenvalue weighted by Gasteiger charge is 2.14. The Morgan fingerprint density at radius 3 is 2.35 bits per heavy atom. The van der Waals surface area contributed by atoms with Crippen molar-refractivity contribution in [2.24, 2.45) is 0 Å². The normalized spacial score (nSPS) is 11.1. The van der Waals surface area contributed by atoms with Gasteiger partial charge in [-0.05, 0) is 30.7 Å². The Morgan fingerprint density at radius 1 is 1.29 bits per heavy atom. The van der Waals surface area contributed by atoms with E-state index in [4.69, 9.17) is 9.47 Å². The van der Waals surface area contributed by atoms with E-state index in [0.717, 1.165) is 12.2 Å². The summed E-state index contributed by atoms with van der Waals surface area (Å²) >= 11 is 2.34. The molecule has 0 fully saturated rings. The molecule has 94 valence electrons. The summed E-state index contributed by atoms with van der Waals surface area (Å²) in [4.78, 5) is 11.7. The molecule has 0 amide bonds.